The molecule has 0 saturated carbocycles. The Morgan fingerprint density at radius 3 is 2.65 bits per heavy atom. The van der Waals surface area contributed by atoms with Gasteiger partial charge >= 0.3 is 0 Å². The molecule has 1 heterocycles. The van der Waals surface area contributed by atoms with Gasteiger partial charge in [0.05, 0.1) is 10.6 Å². The minimum atomic E-state index is -3.23. The van der Waals surface area contributed by atoms with Crippen LogP contribution in [0.1, 0.15) is 19.8 Å². The van der Waals surface area contributed by atoms with Gasteiger partial charge in [-0.05, 0) is 38.0 Å². The van der Waals surface area contributed by atoms with Crippen LogP contribution in [0.25, 0.3) is 0 Å². The van der Waals surface area contributed by atoms with Crippen molar-refractivity contribution >= 4 is 15.8 Å². The molecule has 0 saturated heterocycles. The van der Waals surface area contributed by atoms with Gasteiger partial charge in [0.1, 0.15) is 0 Å². The fourth-order valence-electron chi connectivity index (χ4n) is 2.41. The number of nitrogens with one attached hydrogen (secondary N) is 2. The Balaban J connectivity index is 1.72. The van der Waals surface area contributed by atoms with E-state index < -0.39 is 9.84 Å². The Kier molecular flexibility index (Phi) is 8.14. The Hall–Kier alpha value is -2.35. The van der Waals surface area contributed by atoms with E-state index in [9.17, 15) is 8.42 Å². The Bertz CT molecular complexity index is 758. The van der Waals surface area contributed by atoms with Crippen LogP contribution in [0.2, 0.25) is 0 Å². The van der Waals surface area contributed by atoms with Gasteiger partial charge in [0, 0.05) is 38.6 Å². The van der Waals surface area contributed by atoms with Gasteiger partial charge in [-0.25, -0.2) is 8.42 Å². The van der Waals surface area contributed by atoms with E-state index in [1.165, 1.54) is 0 Å². The van der Waals surface area contributed by atoms with E-state index in [0.29, 0.717) is 30.4 Å². The maximum Gasteiger partial charge on any atom is 0.191 e. The van der Waals surface area contributed by atoms with E-state index >= 15 is 0 Å². The molecule has 0 unspecified atom stereocenters. The molecule has 2 aromatic rings. The topological polar surface area (TPSA) is 88.4 Å². The van der Waals surface area contributed by atoms with Crippen molar-refractivity contribution in [3.8, 4) is 0 Å². The quantitative estimate of drug-likeness (QED) is 0.374. The molecule has 0 radical (unpaired) electrons. The summed E-state index contributed by atoms with van der Waals surface area (Å²) >= 11 is 0. The van der Waals surface area contributed by atoms with Crippen LogP contribution in [0.3, 0.4) is 0 Å². The maximum absolute atomic E-state index is 12.2. The lowest BCUT2D eigenvalue weighted by Gasteiger charge is -2.11. The van der Waals surface area contributed by atoms with Gasteiger partial charge < -0.3 is 10.6 Å². The molecule has 0 bridgehead atoms. The Labute approximate surface area is 155 Å². The minimum Gasteiger partial charge on any atom is -0.357 e. The zero-order chi connectivity index (χ0) is 18.7. The molecule has 0 spiro atoms. The second-order valence-corrected chi connectivity index (χ2v) is 7.90. The molecule has 1 aromatic heterocycles. The van der Waals surface area contributed by atoms with Crippen LogP contribution in [0, 0.1) is 0 Å². The fraction of sp³-hybridized carbons (Fsp3) is 0.444. The van der Waals surface area contributed by atoms with Crippen LogP contribution in [-0.4, -0.2) is 49.5 Å². The van der Waals surface area contributed by atoms with E-state index in [-0.39, 0.29) is 5.75 Å². The lowest BCUT2D eigenvalue weighted by Crippen LogP contribution is -2.38. The predicted octanol–water partition coefficient (Wildman–Crippen LogP) is 1.69. The third-order valence-electron chi connectivity index (χ3n) is 3.70. The molecule has 26 heavy (non-hydrogen) atoms. The number of hydrogen-bond donors (Lipinski definition) is 2. The molecule has 8 heteroatoms. The van der Waals surface area contributed by atoms with Crippen molar-refractivity contribution in [3.05, 3.63) is 48.8 Å². The van der Waals surface area contributed by atoms with Crippen molar-refractivity contribution in [1.29, 1.82) is 0 Å². The molecule has 2 rings (SSSR count). The average Bonchev–Trinajstić information content (AvgIpc) is 3.16. The van der Waals surface area contributed by atoms with E-state index in [0.717, 1.165) is 19.5 Å². The van der Waals surface area contributed by atoms with Crippen molar-refractivity contribution in [2.45, 2.75) is 31.2 Å². The number of aliphatic imine (C=N–C) groups is 1. The van der Waals surface area contributed by atoms with Gasteiger partial charge in [-0.1, -0.05) is 18.2 Å². The number of aromatic nitrogens is 2. The van der Waals surface area contributed by atoms with Gasteiger partial charge in [0.2, 0.25) is 0 Å². The van der Waals surface area contributed by atoms with Gasteiger partial charge in [0.15, 0.2) is 15.8 Å². The molecule has 1 aromatic carbocycles. The molecular formula is C18H27N5O2S. The lowest BCUT2D eigenvalue weighted by molar-refractivity contribution is 0.583. The zero-order valence-corrected chi connectivity index (χ0v) is 16.0. The Morgan fingerprint density at radius 1 is 1.15 bits per heavy atom. The van der Waals surface area contributed by atoms with E-state index in [1.54, 1.807) is 30.5 Å². The Morgan fingerprint density at radius 2 is 1.96 bits per heavy atom. The number of rotatable bonds is 10. The van der Waals surface area contributed by atoms with Gasteiger partial charge in [-0.15, -0.1) is 0 Å². The summed E-state index contributed by atoms with van der Waals surface area (Å²) in [5.74, 6) is 0.827. The van der Waals surface area contributed by atoms with E-state index in [1.807, 2.05) is 29.9 Å². The molecule has 0 amide bonds. The molecule has 0 aliphatic carbocycles. The normalized spacial score (nSPS) is 12.1. The number of nitrogens with zero attached hydrogens (tertiary/aromatic N) is 3. The molecule has 7 nitrogen and oxygen atoms in total. The third kappa shape index (κ3) is 6.87. The average molecular weight is 378 g/mol. The van der Waals surface area contributed by atoms with Crippen LogP contribution in [0.5, 0.6) is 0 Å². The number of benzene rings is 1. The minimum absolute atomic E-state index is 0.114. The largest absolute Gasteiger partial charge is 0.357 e. The van der Waals surface area contributed by atoms with Crippen molar-refractivity contribution < 1.29 is 8.42 Å². The van der Waals surface area contributed by atoms with Crippen molar-refractivity contribution in [3.63, 3.8) is 0 Å². The molecule has 0 fully saturated rings. The summed E-state index contributed by atoms with van der Waals surface area (Å²) in [6.45, 7) is 4.81. The summed E-state index contributed by atoms with van der Waals surface area (Å²) in [6, 6.07) is 10.5. The van der Waals surface area contributed by atoms with Crippen LogP contribution in [0.4, 0.5) is 0 Å². The first-order chi connectivity index (χ1) is 12.6. The van der Waals surface area contributed by atoms with Crippen molar-refractivity contribution in [2.24, 2.45) is 4.99 Å². The zero-order valence-electron chi connectivity index (χ0n) is 15.1. The van der Waals surface area contributed by atoms with Crippen LogP contribution in [0.15, 0.2) is 58.7 Å². The summed E-state index contributed by atoms with van der Waals surface area (Å²) < 4.78 is 26.4. The molecule has 0 aliphatic rings. The molecule has 0 aliphatic heterocycles. The van der Waals surface area contributed by atoms with Crippen LogP contribution in [-0.2, 0) is 16.4 Å². The molecule has 2 N–H and O–H groups in total. The first kappa shape index (κ1) is 20.0. The first-order valence-electron chi connectivity index (χ1n) is 8.89. The van der Waals surface area contributed by atoms with Gasteiger partial charge in [-0.3, -0.25) is 9.67 Å². The van der Waals surface area contributed by atoms with Crippen LogP contribution < -0.4 is 10.6 Å². The SMILES string of the molecule is CCNC(=NCCCn1cccn1)NCCCS(=O)(=O)c1ccccc1. The smallest absolute Gasteiger partial charge is 0.191 e. The molecular weight excluding hydrogens is 350 g/mol. The summed E-state index contributed by atoms with van der Waals surface area (Å²) in [6.07, 6.45) is 5.11. The summed E-state index contributed by atoms with van der Waals surface area (Å²) in [5, 5.41) is 10.5. The molecule has 0 atom stereocenters. The summed E-state index contributed by atoms with van der Waals surface area (Å²) in [4.78, 5) is 4.88. The van der Waals surface area contributed by atoms with Crippen LogP contribution >= 0.6 is 0 Å². The second kappa shape index (κ2) is 10.6. The van der Waals surface area contributed by atoms with Gasteiger partial charge in [-0.2, -0.15) is 5.10 Å². The number of hydrogen-bond acceptors (Lipinski definition) is 4. The number of aryl methyl sites for hydroxylation is 1. The van der Waals surface area contributed by atoms with Crippen molar-refractivity contribution in [1.82, 2.24) is 20.4 Å². The maximum atomic E-state index is 12.2. The lowest BCUT2D eigenvalue weighted by atomic mass is 10.4. The fourth-order valence-corrected chi connectivity index (χ4v) is 3.74. The third-order valence-corrected chi connectivity index (χ3v) is 5.52. The number of guanidine groups is 1. The first-order valence-corrected chi connectivity index (χ1v) is 10.5. The highest BCUT2D eigenvalue weighted by Gasteiger charge is 2.13. The number of sulfone groups is 1. The van der Waals surface area contributed by atoms with E-state index in [4.69, 9.17) is 0 Å². The van der Waals surface area contributed by atoms with Gasteiger partial charge in [0.25, 0.3) is 0 Å². The second-order valence-electron chi connectivity index (χ2n) is 5.80. The standard InChI is InChI=1S/C18H27N5O2S/c1-2-19-18(20-11-6-14-23-15-7-13-22-23)21-12-8-16-26(24,25)17-9-4-3-5-10-17/h3-5,7,9-10,13,15H,2,6,8,11-12,14,16H2,1H3,(H2,19,20,21). The highest BCUT2D eigenvalue weighted by Crippen LogP contribution is 2.10. The predicted molar refractivity (Wildman–Crippen MR) is 104 cm³/mol. The van der Waals surface area contributed by atoms with Crippen molar-refractivity contribution in [2.75, 3.05) is 25.4 Å². The molecule has 142 valence electrons. The summed E-state index contributed by atoms with van der Waals surface area (Å²) in [7, 11) is -3.23. The highest BCUT2D eigenvalue weighted by atomic mass is 32.2. The highest BCUT2D eigenvalue weighted by molar-refractivity contribution is 7.91. The monoisotopic (exact) mass is 377 g/mol. The van der Waals surface area contributed by atoms with E-state index in [2.05, 4.69) is 20.7 Å². The summed E-state index contributed by atoms with van der Waals surface area (Å²) in [5.41, 5.74) is 0.